The number of aliphatic hydroxyl groups excluding tert-OH is 1. The summed E-state index contributed by atoms with van der Waals surface area (Å²) in [6.45, 7) is 0.512. The molecule has 0 aromatic rings. The molecule has 14 nitrogen and oxygen atoms in total. The average molecular weight is 404 g/mol. The average Bonchev–Trinajstić information content (AvgIpc) is 2.56. The Kier molecular flexibility index (Phi) is 10.1. The summed E-state index contributed by atoms with van der Waals surface area (Å²) in [6.07, 6.45) is -2.51. The summed E-state index contributed by atoms with van der Waals surface area (Å²) in [5.74, 6) is -6.30. The van der Waals surface area contributed by atoms with Crippen LogP contribution in [0.2, 0.25) is 0 Å². The zero-order valence-electron chi connectivity index (χ0n) is 15.0. The lowest BCUT2D eigenvalue weighted by atomic mass is 10.1. The Morgan fingerprint density at radius 2 is 1.39 bits per heavy atom. The molecule has 14 heteroatoms. The molecule has 0 aromatic carbocycles. The molecule has 0 rings (SSSR count). The lowest BCUT2D eigenvalue weighted by molar-refractivity contribution is -0.143. The molecule has 0 spiro atoms. The Labute approximate surface area is 159 Å². The first kappa shape index (κ1) is 24.7. The van der Waals surface area contributed by atoms with E-state index in [1.807, 2.05) is 5.32 Å². The number of hydrogen-bond acceptors (Lipinski definition) is 8. The number of nitrogens with two attached hydrogens (primary N) is 3. The lowest BCUT2D eigenvalue weighted by Crippen LogP contribution is -2.56. The van der Waals surface area contributed by atoms with Crippen LogP contribution in [0.5, 0.6) is 0 Å². The number of carbonyl (C=O) groups is 6. The lowest BCUT2D eigenvalue weighted by Gasteiger charge is -2.21. The van der Waals surface area contributed by atoms with Crippen LogP contribution in [0.15, 0.2) is 0 Å². The van der Waals surface area contributed by atoms with Gasteiger partial charge in [0.05, 0.1) is 25.5 Å². The first-order valence-electron chi connectivity index (χ1n) is 7.95. The molecule has 0 saturated carbocycles. The highest BCUT2D eigenvalue weighted by Gasteiger charge is 2.28. The zero-order valence-corrected chi connectivity index (χ0v) is 15.0. The van der Waals surface area contributed by atoms with Gasteiger partial charge in [0.1, 0.15) is 18.1 Å². The van der Waals surface area contributed by atoms with Gasteiger partial charge in [-0.25, -0.2) is 4.79 Å². The van der Waals surface area contributed by atoms with Crippen LogP contribution in [-0.2, 0) is 28.8 Å². The van der Waals surface area contributed by atoms with Gasteiger partial charge in [0.15, 0.2) is 0 Å². The molecule has 0 radical (unpaired) electrons. The van der Waals surface area contributed by atoms with E-state index in [-0.39, 0.29) is 0 Å². The molecule has 0 aliphatic carbocycles. The third-order valence-corrected chi connectivity index (χ3v) is 3.32. The highest BCUT2D eigenvalue weighted by molar-refractivity contribution is 5.95. The van der Waals surface area contributed by atoms with E-state index in [9.17, 15) is 33.9 Å². The minimum absolute atomic E-state index is 0.620. The van der Waals surface area contributed by atoms with Crippen LogP contribution in [0, 0.1) is 0 Å². The molecule has 0 aromatic heterocycles. The Morgan fingerprint density at radius 1 is 0.893 bits per heavy atom. The van der Waals surface area contributed by atoms with Crippen molar-refractivity contribution in [2.45, 2.75) is 44.0 Å². The van der Waals surface area contributed by atoms with Crippen LogP contribution in [0.25, 0.3) is 0 Å². The highest BCUT2D eigenvalue weighted by atomic mass is 16.4. The molecule has 0 heterocycles. The van der Waals surface area contributed by atoms with Crippen LogP contribution in [0.4, 0.5) is 0 Å². The number of carbonyl (C=O) groups excluding carboxylic acids is 5. The molecule has 0 fully saturated rings. The largest absolute Gasteiger partial charge is 0.480 e. The summed E-state index contributed by atoms with van der Waals surface area (Å²) >= 11 is 0. The summed E-state index contributed by atoms with van der Waals surface area (Å²) in [4.78, 5) is 68.5. The first-order chi connectivity index (χ1) is 12.8. The molecule has 11 N–H and O–H groups in total. The van der Waals surface area contributed by atoms with E-state index in [2.05, 4.69) is 10.6 Å². The summed E-state index contributed by atoms with van der Waals surface area (Å²) < 4.78 is 0. The maximum absolute atomic E-state index is 12.1. The van der Waals surface area contributed by atoms with Gasteiger partial charge in [0.2, 0.25) is 29.5 Å². The fourth-order valence-electron chi connectivity index (χ4n) is 1.83. The van der Waals surface area contributed by atoms with Crippen LogP contribution in [0.1, 0.15) is 19.8 Å². The number of carboxylic acids is 1. The van der Waals surface area contributed by atoms with E-state index < -0.39 is 79.1 Å². The van der Waals surface area contributed by atoms with Gasteiger partial charge in [-0.1, -0.05) is 0 Å². The van der Waals surface area contributed by atoms with Gasteiger partial charge < -0.3 is 43.4 Å². The second-order valence-corrected chi connectivity index (χ2v) is 5.84. The summed E-state index contributed by atoms with van der Waals surface area (Å²) in [6, 6.07) is -4.45. The van der Waals surface area contributed by atoms with Crippen molar-refractivity contribution in [2.75, 3.05) is 6.54 Å². The van der Waals surface area contributed by atoms with E-state index in [4.69, 9.17) is 22.3 Å². The van der Waals surface area contributed by atoms with E-state index in [1.165, 1.54) is 6.92 Å². The van der Waals surface area contributed by atoms with Crippen molar-refractivity contribution in [2.24, 2.45) is 17.2 Å². The molecule has 4 unspecified atom stereocenters. The number of aliphatic carboxylic acids is 1. The van der Waals surface area contributed by atoms with Crippen LogP contribution in [-0.4, -0.2) is 76.5 Å². The molecule has 0 aliphatic heterocycles. The minimum Gasteiger partial charge on any atom is -0.480 e. The summed E-state index contributed by atoms with van der Waals surface area (Å²) in [7, 11) is 0. The second kappa shape index (κ2) is 11.5. The third kappa shape index (κ3) is 9.44. The molecule has 0 saturated heterocycles. The standard InChI is InChI=1S/C14H24N6O8/c1-5(21)11(17)13(26)20-6(2-8(15)22)12(25)18-4-10(24)19-7(14(27)28)3-9(16)23/h5-7,11,21H,2-4,17H2,1H3,(H2,15,22)(H2,16,23)(H,18,25)(H,19,24)(H,20,26)(H,27,28). The normalized spacial score (nSPS) is 14.7. The number of amides is 5. The maximum Gasteiger partial charge on any atom is 0.326 e. The van der Waals surface area contributed by atoms with Crippen molar-refractivity contribution in [1.29, 1.82) is 0 Å². The van der Waals surface area contributed by atoms with Gasteiger partial charge in [0.25, 0.3) is 0 Å². The maximum atomic E-state index is 12.1. The molecule has 158 valence electrons. The number of rotatable bonds is 12. The van der Waals surface area contributed by atoms with Crippen molar-refractivity contribution >= 4 is 35.5 Å². The SMILES string of the molecule is CC(O)C(N)C(=O)NC(CC(N)=O)C(=O)NCC(=O)NC(CC(N)=O)C(=O)O. The topological polar surface area (TPSA) is 257 Å². The van der Waals surface area contributed by atoms with E-state index >= 15 is 0 Å². The van der Waals surface area contributed by atoms with Crippen LogP contribution >= 0.6 is 0 Å². The monoisotopic (exact) mass is 404 g/mol. The van der Waals surface area contributed by atoms with E-state index in [1.54, 1.807) is 0 Å². The molecular weight excluding hydrogens is 380 g/mol. The molecule has 28 heavy (non-hydrogen) atoms. The number of aliphatic hydroxyl groups is 1. The van der Waals surface area contributed by atoms with Gasteiger partial charge in [-0.3, -0.25) is 24.0 Å². The van der Waals surface area contributed by atoms with Gasteiger partial charge in [-0.15, -0.1) is 0 Å². The predicted octanol–water partition coefficient (Wildman–Crippen LogP) is -5.38. The number of primary amides is 2. The van der Waals surface area contributed by atoms with Crippen molar-refractivity contribution in [3.63, 3.8) is 0 Å². The Bertz CT molecular complexity index is 637. The Balaban J connectivity index is 4.87. The quantitative estimate of drug-likeness (QED) is 0.154. The van der Waals surface area contributed by atoms with Crippen molar-refractivity contribution in [1.82, 2.24) is 16.0 Å². The van der Waals surface area contributed by atoms with Gasteiger partial charge in [-0.2, -0.15) is 0 Å². The van der Waals surface area contributed by atoms with Crippen LogP contribution in [0.3, 0.4) is 0 Å². The summed E-state index contributed by atoms with van der Waals surface area (Å²) in [5, 5.41) is 24.3. The van der Waals surface area contributed by atoms with Gasteiger partial charge >= 0.3 is 5.97 Å². The summed E-state index contributed by atoms with van der Waals surface area (Å²) in [5.41, 5.74) is 15.3. The third-order valence-electron chi connectivity index (χ3n) is 3.32. The fraction of sp³-hybridized carbons (Fsp3) is 0.571. The van der Waals surface area contributed by atoms with E-state index in [0.29, 0.717) is 0 Å². The Hall–Kier alpha value is -3.26. The molecule has 0 bridgehead atoms. The number of hydrogen-bond donors (Lipinski definition) is 8. The highest BCUT2D eigenvalue weighted by Crippen LogP contribution is 1.96. The number of nitrogens with one attached hydrogen (secondary N) is 3. The fourth-order valence-corrected chi connectivity index (χ4v) is 1.83. The van der Waals surface area contributed by atoms with Crippen molar-refractivity contribution < 1.29 is 39.0 Å². The Morgan fingerprint density at radius 3 is 1.82 bits per heavy atom. The zero-order chi connectivity index (χ0) is 22.0. The molecule has 4 atom stereocenters. The number of carboxylic acid groups (broad SMARTS) is 1. The first-order valence-corrected chi connectivity index (χ1v) is 7.95. The van der Waals surface area contributed by atoms with Crippen molar-refractivity contribution in [3.05, 3.63) is 0 Å². The van der Waals surface area contributed by atoms with Gasteiger partial charge in [-0.05, 0) is 6.92 Å². The van der Waals surface area contributed by atoms with Crippen molar-refractivity contribution in [3.8, 4) is 0 Å². The molecule has 5 amide bonds. The van der Waals surface area contributed by atoms with E-state index in [0.717, 1.165) is 0 Å². The van der Waals surface area contributed by atoms with Gasteiger partial charge in [0, 0.05) is 0 Å². The smallest absolute Gasteiger partial charge is 0.326 e. The second-order valence-electron chi connectivity index (χ2n) is 5.84. The van der Waals surface area contributed by atoms with Crippen LogP contribution < -0.4 is 33.2 Å². The predicted molar refractivity (Wildman–Crippen MR) is 91.8 cm³/mol. The molecular formula is C14H24N6O8. The minimum atomic E-state index is -1.59. The molecule has 0 aliphatic rings.